The second kappa shape index (κ2) is 7.35. The van der Waals surface area contributed by atoms with Crippen molar-refractivity contribution in [1.29, 1.82) is 0 Å². The number of aliphatic carboxylic acids is 1. The summed E-state index contributed by atoms with van der Waals surface area (Å²) in [5, 5.41) is 11.4. The molecule has 1 unspecified atom stereocenters. The Hall–Kier alpha value is -1.30. The normalized spacial score (nSPS) is 11.8. The standard InChI is InChI=1S/C6H11N3O4/c1-5(8-9-7)13-3-2-12-4-6(10)11/h5H,2-4H2,1H3,(H,10,11). The Balaban J connectivity index is 3.25. The number of carbonyl (C=O) groups is 1. The second-order valence-corrected chi connectivity index (χ2v) is 2.12. The monoisotopic (exact) mass is 189 g/mol. The average molecular weight is 189 g/mol. The van der Waals surface area contributed by atoms with E-state index in [1.54, 1.807) is 6.92 Å². The molecule has 0 spiro atoms. The number of carboxylic acid groups (broad SMARTS) is 1. The highest BCUT2D eigenvalue weighted by Gasteiger charge is 1.98. The van der Waals surface area contributed by atoms with Crippen molar-refractivity contribution < 1.29 is 19.4 Å². The molecule has 0 saturated carbocycles. The zero-order valence-electron chi connectivity index (χ0n) is 7.21. The Morgan fingerprint density at radius 1 is 1.69 bits per heavy atom. The summed E-state index contributed by atoms with van der Waals surface area (Å²) in [4.78, 5) is 12.5. The lowest BCUT2D eigenvalue weighted by molar-refractivity contribution is -0.142. The van der Waals surface area contributed by atoms with Gasteiger partial charge in [0.25, 0.3) is 0 Å². The van der Waals surface area contributed by atoms with Crippen LogP contribution in [0, 0.1) is 0 Å². The molecule has 0 radical (unpaired) electrons. The topological polar surface area (TPSA) is 105 Å². The van der Waals surface area contributed by atoms with E-state index in [1.165, 1.54) is 0 Å². The Kier molecular flexibility index (Phi) is 6.62. The van der Waals surface area contributed by atoms with Crippen molar-refractivity contribution in [2.75, 3.05) is 19.8 Å². The van der Waals surface area contributed by atoms with Crippen molar-refractivity contribution in [3.05, 3.63) is 10.4 Å². The highest BCUT2D eigenvalue weighted by molar-refractivity contribution is 5.67. The molecule has 1 atom stereocenters. The molecule has 0 rings (SSSR count). The lowest BCUT2D eigenvalue weighted by atomic mass is 10.6. The molecule has 7 nitrogen and oxygen atoms in total. The van der Waals surface area contributed by atoms with Crippen LogP contribution in [0.2, 0.25) is 0 Å². The number of ether oxygens (including phenoxy) is 2. The van der Waals surface area contributed by atoms with Crippen LogP contribution in [0.4, 0.5) is 0 Å². The fourth-order valence-corrected chi connectivity index (χ4v) is 0.543. The quantitative estimate of drug-likeness (QED) is 0.276. The van der Waals surface area contributed by atoms with Gasteiger partial charge in [-0.2, -0.15) is 0 Å². The minimum Gasteiger partial charge on any atom is -0.480 e. The number of azide groups is 1. The van der Waals surface area contributed by atoms with E-state index < -0.39 is 12.2 Å². The van der Waals surface area contributed by atoms with Crippen LogP contribution in [0.5, 0.6) is 0 Å². The van der Waals surface area contributed by atoms with Crippen molar-refractivity contribution in [1.82, 2.24) is 0 Å². The van der Waals surface area contributed by atoms with Crippen LogP contribution < -0.4 is 0 Å². The molecular formula is C6H11N3O4. The van der Waals surface area contributed by atoms with E-state index in [0.717, 1.165) is 0 Å². The molecule has 0 aliphatic carbocycles. The number of rotatable bonds is 7. The third kappa shape index (κ3) is 8.61. The Morgan fingerprint density at radius 3 is 2.92 bits per heavy atom. The summed E-state index contributed by atoms with van der Waals surface area (Å²) >= 11 is 0. The zero-order valence-corrected chi connectivity index (χ0v) is 7.21. The van der Waals surface area contributed by atoms with E-state index in [0.29, 0.717) is 0 Å². The molecule has 1 N–H and O–H groups in total. The number of hydrogen-bond donors (Lipinski definition) is 1. The minimum absolute atomic E-state index is 0.164. The molecule has 0 aliphatic rings. The molecule has 74 valence electrons. The molecule has 0 amide bonds. The molecule has 0 aromatic carbocycles. The van der Waals surface area contributed by atoms with Gasteiger partial charge in [0.1, 0.15) is 12.8 Å². The highest BCUT2D eigenvalue weighted by Crippen LogP contribution is 1.92. The number of nitrogens with zero attached hydrogens (tertiary/aromatic N) is 3. The first-order valence-corrected chi connectivity index (χ1v) is 3.62. The summed E-state index contributed by atoms with van der Waals surface area (Å²) in [5.74, 6) is -1.02. The van der Waals surface area contributed by atoms with E-state index in [1.807, 2.05) is 0 Å². The Morgan fingerprint density at radius 2 is 2.38 bits per heavy atom. The van der Waals surface area contributed by atoms with Crippen LogP contribution in [0.15, 0.2) is 5.11 Å². The Bertz CT molecular complexity index is 202. The van der Waals surface area contributed by atoms with Gasteiger partial charge in [0.2, 0.25) is 0 Å². The van der Waals surface area contributed by atoms with Crippen LogP contribution in [-0.2, 0) is 14.3 Å². The van der Waals surface area contributed by atoms with Gasteiger partial charge in [-0.1, -0.05) is 5.11 Å². The van der Waals surface area contributed by atoms with Crippen molar-refractivity contribution in [3.8, 4) is 0 Å². The zero-order chi connectivity index (χ0) is 10.1. The van der Waals surface area contributed by atoms with Crippen LogP contribution in [0.1, 0.15) is 6.92 Å². The van der Waals surface area contributed by atoms with E-state index in [4.69, 9.17) is 15.4 Å². The van der Waals surface area contributed by atoms with Crippen molar-refractivity contribution in [3.63, 3.8) is 0 Å². The molecule has 0 aromatic rings. The summed E-state index contributed by atoms with van der Waals surface area (Å²) in [7, 11) is 0. The van der Waals surface area contributed by atoms with Crippen LogP contribution in [-0.4, -0.2) is 37.1 Å². The molecule has 13 heavy (non-hydrogen) atoms. The predicted molar refractivity (Wildman–Crippen MR) is 43.0 cm³/mol. The van der Waals surface area contributed by atoms with Gasteiger partial charge in [-0.25, -0.2) is 4.79 Å². The maximum Gasteiger partial charge on any atom is 0.329 e. The number of carboxylic acids is 1. The van der Waals surface area contributed by atoms with Crippen LogP contribution in [0.3, 0.4) is 0 Å². The fourth-order valence-electron chi connectivity index (χ4n) is 0.543. The molecule has 0 bridgehead atoms. The second-order valence-electron chi connectivity index (χ2n) is 2.12. The summed E-state index contributed by atoms with van der Waals surface area (Å²) in [6.07, 6.45) is -0.557. The lowest BCUT2D eigenvalue weighted by Gasteiger charge is -2.06. The molecule has 0 fully saturated rings. The van der Waals surface area contributed by atoms with Crippen molar-refractivity contribution in [2.24, 2.45) is 5.11 Å². The van der Waals surface area contributed by atoms with E-state index >= 15 is 0 Å². The molecule has 0 saturated heterocycles. The maximum absolute atomic E-state index is 9.97. The third-order valence-corrected chi connectivity index (χ3v) is 1.03. The van der Waals surface area contributed by atoms with Gasteiger partial charge in [-0.05, 0) is 12.5 Å². The first-order valence-electron chi connectivity index (χ1n) is 3.62. The van der Waals surface area contributed by atoms with Gasteiger partial charge in [0, 0.05) is 4.91 Å². The fraction of sp³-hybridized carbons (Fsp3) is 0.833. The van der Waals surface area contributed by atoms with E-state index in [2.05, 4.69) is 14.8 Å². The van der Waals surface area contributed by atoms with Gasteiger partial charge in [0.15, 0.2) is 0 Å². The lowest BCUT2D eigenvalue weighted by Crippen LogP contribution is -2.14. The van der Waals surface area contributed by atoms with Gasteiger partial charge in [0.05, 0.1) is 13.2 Å². The van der Waals surface area contributed by atoms with Crippen molar-refractivity contribution in [2.45, 2.75) is 13.2 Å². The largest absolute Gasteiger partial charge is 0.480 e. The smallest absolute Gasteiger partial charge is 0.329 e. The van der Waals surface area contributed by atoms with Gasteiger partial charge in [-0.3, -0.25) is 0 Å². The van der Waals surface area contributed by atoms with Crippen LogP contribution in [0.25, 0.3) is 10.4 Å². The molecule has 0 aliphatic heterocycles. The SMILES string of the molecule is CC(N=[N+]=[N-])OCCOCC(=O)O. The summed E-state index contributed by atoms with van der Waals surface area (Å²) in [6.45, 7) is 1.60. The molecule has 0 aromatic heterocycles. The average Bonchev–Trinajstić information content (AvgIpc) is 2.03. The summed E-state index contributed by atoms with van der Waals surface area (Å²) < 4.78 is 9.59. The third-order valence-electron chi connectivity index (χ3n) is 1.03. The highest BCUT2D eigenvalue weighted by atomic mass is 16.5. The minimum atomic E-state index is -1.02. The van der Waals surface area contributed by atoms with E-state index in [9.17, 15) is 4.79 Å². The number of hydrogen-bond acceptors (Lipinski definition) is 4. The summed E-state index contributed by atoms with van der Waals surface area (Å²) in [6, 6.07) is 0. The Labute approximate surface area is 74.9 Å². The van der Waals surface area contributed by atoms with Gasteiger partial charge < -0.3 is 14.6 Å². The van der Waals surface area contributed by atoms with Crippen LogP contribution >= 0.6 is 0 Å². The van der Waals surface area contributed by atoms with Crippen molar-refractivity contribution >= 4 is 5.97 Å². The van der Waals surface area contributed by atoms with Gasteiger partial charge >= 0.3 is 5.97 Å². The first-order chi connectivity index (χ1) is 6.16. The molecule has 7 heteroatoms. The predicted octanol–water partition coefficient (Wildman–Crippen LogP) is 0.760. The maximum atomic E-state index is 9.97. The summed E-state index contributed by atoms with van der Waals surface area (Å²) in [5.41, 5.74) is 7.98. The molecular weight excluding hydrogens is 178 g/mol. The van der Waals surface area contributed by atoms with Gasteiger partial charge in [-0.15, -0.1) is 0 Å². The molecule has 0 heterocycles. The van der Waals surface area contributed by atoms with E-state index in [-0.39, 0.29) is 19.8 Å². The first kappa shape index (κ1) is 11.7.